The Kier molecular flexibility index (Phi) is 6.96. The highest BCUT2D eigenvalue weighted by atomic mass is 32.2. The molecular formula is C23H26N4O4S. The van der Waals surface area contributed by atoms with Crippen LogP contribution in [0.15, 0.2) is 47.6 Å². The Balaban J connectivity index is 1.71. The number of hydrogen-bond acceptors (Lipinski definition) is 7. The number of rotatable bonds is 7. The molecule has 1 aliphatic heterocycles. The predicted molar refractivity (Wildman–Crippen MR) is 123 cm³/mol. The largest absolute Gasteiger partial charge is 0.497 e. The minimum Gasteiger partial charge on any atom is -0.497 e. The third-order valence-corrected chi connectivity index (χ3v) is 6.20. The summed E-state index contributed by atoms with van der Waals surface area (Å²) in [7, 11) is 3.23. The number of benzene rings is 2. The van der Waals surface area contributed by atoms with Gasteiger partial charge in [0.05, 0.1) is 38.9 Å². The van der Waals surface area contributed by atoms with Crippen molar-refractivity contribution in [3.8, 4) is 28.6 Å². The normalized spacial score (nSPS) is 13.8. The zero-order valence-corrected chi connectivity index (χ0v) is 19.2. The molecule has 4 rings (SSSR count). The zero-order chi connectivity index (χ0) is 22.5. The van der Waals surface area contributed by atoms with Crippen molar-refractivity contribution in [1.29, 1.82) is 0 Å². The van der Waals surface area contributed by atoms with Crippen molar-refractivity contribution in [2.24, 2.45) is 0 Å². The second-order valence-electron chi connectivity index (χ2n) is 7.31. The number of carbonyl (C=O) groups is 1. The number of para-hydroxylation sites is 1. The Hall–Kier alpha value is -3.04. The first-order valence-corrected chi connectivity index (χ1v) is 11.3. The molecule has 0 radical (unpaired) electrons. The van der Waals surface area contributed by atoms with Crippen LogP contribution in [0.4, 0.5) is 0 Å². The number of thioether (sulfide) groups is 1. The van der Waals surface area contributed by atoms with E-state index in [0.29, 0.717) is 48.8 Å². The van der Waals surface area contributed by atoms with Crippen molar-refractivity contribution in [1.82, 2.24) is 19.7 Å². The predicted octanol–water partition coefficient (Wildman–Crippen LogP) is 3.21. The number of hydrogen-bond donors (Lipinski definition) is 0. The van der Waals surface area contributed by atoms with Crippen LogP contribution >= 0.6 is 11.8 Å². The maximum absolute atomic E-state index is 12.7. The molecule has 0 atom stereocenters. The summed E-state index contributed by atoms with van der Waals surface area (Å²) in [6, 6.07) is 13.6. The SMILES string of the molecule is COc1cc(OC)cc(-c2nnc(SCC(=O)N3CCOCC3)n2-c2ccccc2C)c1. The van der Waals surface area contributed by atoms with Gasteiger partial charge in [0, 0.05) is 24.7 Å². The van der Waals surface area contributed by atoms with Crippen molar-refractivity contribution in [3.63, 3.8) is 0 Å². The second kappa shape index (κ2) is 10.1. The van der Waals surface area contributed by atoms with Crippen molar-refractivity contribution in [3.05, 3.63) is 48.0 Å². The lowest BCUT2D eigenvalue weighted by Gasteiger charge is -2.26. The molecular weight excluding hydrogens is 428 g/mol. The maximum atomic E-state index is 12.7. The van der Waals surface area contributed by atoms with E-state index < -0.39 is 0 Å². The fraction of sp³-hybridized carbons (Fsp3) is 0.348. The van der Waals surface area contributed by atoms with Crippen LogP contribution in [0.25, 0.3) is 17.1 Å². The Bertz CT molecular complexity index is 1070. The number of ether oxygens (including phenoxy) is 3. The molecule has 0 aliphatic carbocycles. The van der Waals surface area contributed by atoms with Crippen LogP contribution in [-0.2, 0) is 9.53 Å². The van der Waals surface area contributed by atoms with Crippen LogP contribution in [0.1, 0.15) is 5.56 Å². The highest BCUT2D eigenvalue weighted by molar-refractivity contribution is 7.99. The molecule has 0 bridgehead atoms. The molecule has 0 saturated carbocycles. The molecule has 1 saturated heterocycles. The number of aryl methyl sites for hydroxylation is 1. The lowest BCUT2D eigenvalue weighted by atomic mass is 10.1. The molecule has 32 heavy (non-hydrogen) atoms. The minimum atomic E-state index is 0.0715. The van der Waals surface area contributed by atoms with Crippen molar-refractivity contribution < 1.29 is 19.0 Å². The van der Waals surface area contributed by atoms with Gasteiger partial charge in [-0.2, -0.15) is 0 Å². The molecule has 1 aliphatic rings. The summed E-state index contributed by atoms with van der Waals surface area (Å²) in [6.07, 6.45) is 0. The van der Waals surface area contributed by atoms with E-state index in [-0.39, 0.29) is 11.7 Å². The number of carbonyl (C=O) groups excluding carboxylic acids is 1. The van der Waals surface area contributed by atoms with Gasteiger partial charge in [0.2, 0.25) is 5.91 Å². The lowest BCUT2D eigenvalue weighted by Crippen LogP contribution is -2.41. The summed E-state index contributed by atoms with van der Waals surface area (Å²) < 4.78 is 18.2. The summed E-state index contributed by atoms with van der Waals surface area (Å²) in [6.45, 7) is 4.45. The monoisotopic (exact) mass is 454 g/mol. The third kappa shape index (κ3) is 4.73. The quantitative estimate of drug-likeness (QED) is 0.507. The maximum Gasteiger partial charge on any atom is 0.233 e. The van der Waals surface area contributed by atoms with Crippen molar-refractivity contribution in [2.45, 2.75) is 12.1 Å². The van der Waals surface area contributed by atoms with E-state index in [2.05, 4.69) is 10.2 Å². The van der Waals surface area contributed by atoms with E-state index >= 15 is 0 Å². The lowest BCUT2D eigenvalue weighted by molar-refractivity contribution is -0.132. The average molecular weight is 455 g/mol. The number of morpholine rings is 1. The molecule has 3 aromatic rings. The highest BCUT2D eigenvalue weighted by Crippen LogP contribution is 2.33. The van der Waals surface area contributed by atoms with Gasteiger partial charge in [-0.3, -0.25) is 9.36 Å². The van der Waals surface area contributed by atoms with Crippen molar-refractivity contribution in [2.75, 3.05) is 46.3 Å². The number of nitrogens with zero attached hydrogens (tertiary/aromatic N) is 4. The molecule has 168 valence electrons. The number of aromatic nitrogens is 3. The molecule has 2 aromatic carbocycles. The van der Waals surface area contributed by atoms with Gasteiger partial charge in [0.15, 0.2) is 11.0 Å². The highest BCUT2D eigenvalue weighted by Gasteiger charge is 2.22. The van der Waals surface area contributed by atoms with E-state index in [4.69, 9.17) is 14.2 Å². The van der Waals surface area contributed by atoms with Gasteiger partial charge in [-0.15, -0.1) is 10.2 Å². The average Bonchev–Trinajstić information content (AvgIpc) is 3.26. The first-order chi connectivity index (χ1) is 15.6. The summed E-state index contributed by atoms with van der Waals surface area (Å²) in [5.74, 6) is 2.33. The smallest absolute Gasteiger partial charge is 0.233 e. The Labute approximate surface area is 191 Å². The summed E-state index contributed by atoms with van der Waals surface area (Å²) in [5, 5.41) is 9.57. The fourth-order valence-electron chi connectivity index (χ4n) is 3.55. The topological polar surface area (TPSA) is 78.7 Å². The Morgan fingerprint density at radius 1 is 1.06 bits per heavy atom. The molecule has 1 aromatic heterocycles. The van der Waals surface area contributed by atoms with Crippen LogP contribution < -0.4 is 9.47 Å². The molecule has 8 nitrogen and oxygen atoms in total. The molecule has 2 heterocycles. The van der Waals surface area contributed by atoms with Gasteiger partial charge in [-0.05, 0) is 30.7 Å². The van der Waals surface area contributed by atoms with Gasteiger partial charge in [0.1, 0.15) is 11.5 Å². The van der Waals surface area contributed by atoms with Crippen LogP contribution in [0.3, 0.4) is 0 Å². The number of methoxy groups -OCH3 is 2. The molecule has 1 fully saturated rings. The van der Waals surface area contributed by atoms with Gasteiger partial charge in [-0.1, -0.05) is 30.0 Å². The Morgan fingerprint density at radius 3 is 2.41 bits per heavy atom. The summed E-state index contributed by atoms with van der Waals surface area (Å²) in [5.41, 5.74) is 2.84. The minimum absolute atomic E-state index is 0.0715. The van der Waals surface area contributed by atoms with Gasteiger partial charge >= 0.3 is 0 Å². The molecule has 0 spiro atoms. The van der Waals surface area contributed by atoms with Gasteiger partial charge in [0.25, 0.3) is 0 Å². The summed E-state index contributed by atoms with van der Waals surface area (Å²) in [4.78, 5) is 14.5. The van der Waals surface area contributed by atoms with Crippen LogP contribution in [-0.4, -0.2) is 71.8 Å². The molecule has 0 N–H and O–H groups in total. The zero-order valence-electron chi connectivity index (χ0n) is 18.4. The molecule has 9 heteroatoms. The van der Waals surface area contributed by atoms with E-state index in [9.17, 15) is 4.79 Å². The van der Waals surface area contributed by atoms with Gasteiger partial charge in [-0.25, -0.2) is 0 Å². The van der Waals surface area contributed by atoms with Gasteiger partial charge < -0.3 is 19.1 Å². The van der Waals surface area contributed by atoms with Crippen LogP contribution in [0.5, 0.6) is 11.5 Å². The van der Waals surface area contributed by atoms with Crippen LogP contribution in [0, 0.1) is 6.92 Å². The van der Waals surface area contributed by atoms with E-state index in [1.165, 1.54) is 11.8 Å². The first-order valence-electron chi connectivity index (χ1n) is 10.3. The first kappa shape index (κ1) is 22.2. The standard InChI is InChI=1S/C23H26N4O4S/c1-16-6-4-5-7-20(16)27-22(17-12-18(29-2)14-19(13-17)30-3)24-25-23(27)32-15-21(28)26-8-10-31-11-9-26/h4-7,12-14H,8-11,15H2,1-3H3. The Morgan fingerprint density at radius 2 is 1.75 bits per heavy atom. The second-order valence-corrected chi connectivity index (χ2v) is 8.25. The molecule has 1 amide bonds. The summed E-state index contributed by atoms with van der Waals surface area (Å²) >= 11 is 1.38. The fourth-order valence-corrected chi connectivity index (χ4v) is 4.40. The molecule has 0 unspecified atom stereocenters. The third-order valence-electron chi connectivity index (χ3n) is 5.29. The van der Waals surface area contributed by atoms with E-state index in [0.717, 1.165) is 16.8 Å². The van der Waals surface area contributed by atoms with E-state index in [1.807, 2.05) is 58.9 Å². The van der Waals surface area contributed by atoms with Crippen LogP contribution in [0.2, 0.25) is 0 Å². The van der Waals surface area contributed by atoms with Crippen molar-refractivity contribution >= 4 is 17.7 Å². The number of amides is 1. The van der Waals surface area contributed by atoms with E-state index in [1.54, 1.807) is 14.2 Å².